The Balaban J connectivity index is 1.79. The molecule has 0 amide bonds. The maximum Gasteiger partial charge on any atom is 0.215 e. The second kappa shape index (κ2) is 7.76. The van der Waals surface area contributed by atoms with E-state index >= 15 is 0 Å². The first-order valence-electron chi connectivity index (χ1n) is 6.86. The van der Waals surface area contributed by atoms with Gasteiger partial charge >= 0.3 is 0 Å². The van der Waals surface area contributed by atoms with E-state index in [1.165, 1.54) is 0 Å². The van der Waals surface area contributed by atoms with Crippen molar-refractivity contribution in [1.82, 2.24) is 4.72 Å². The van der Waals surface area contributed by atoms with Crippen LogP contribution in [0.4, 0.5) is 0 Å². The summed E-state index contributed by atoms with van der Waals surface area (Å²) in [6.45, 7) is 2.52. The Hall–Kier alpha value is -1.37. The van der Waals surface area contributed by atoms with Gasteiger partial charge in [-0.2, -0.15) is 0 Å². The van der Waals surface area contributed by atoms with Gasteiger partial charge < -0.3 is 4.74 Å². The molecule has 2 aromatic rings. The Morgan fingerprint density at radius 3 is 2.55 bits per heavy atom. The molecule has 0 spiro atoms. The minimum atomic E-state index is -3.36. The number of nitrogens with one attached hydrogen (secondary N) is 1. The minimum Gasteiger partial charge on any atom is -0.492 e. The lowest BCUT2D eigenvalue weighted by Crippen LogP contribution is -2.29. The Bertz CT molecular complexity index is 714. The van der Waals surface area contributed by atoms with Gasteiger partial charge in [-0.25, -0.2) is 13.1 Å². The molecule has 0 aliphatic carbocycles. The Morgan fingerprint density at radius 2 is 1.86 bits per heavy atom. The van der Waals surface area contributed by atoms with Gasteiger partial charge in [0.2, 0.25) is 10.0 Å². The van der Waals surface area contributed by atoms with Crippen molar-refractivity contribution in [1.29, 1.82) is 0 Å². The van der Waals surface area contributed by atoms with Crippen LogP contribution < -0.4 is 9.46 Å². The highest BCUT2D eigenvalue weighted by atomic mass is 79.9. The quantitative estimate of drug-likeness (QED) is 0.746. The zero-order valence-electron chi connectivity index (χ0n) is 12.3. The third kappa shape index (κ3) is 5.79. The van der Waals surface area contributed by atoms with E-state index in [-0.39, 0.29) is 12.3 Å². The Kier molecular flexibility index (Phi) is 5.99. The van der Waals surface area contributed by atoms with E-state index in [9.17, 15) is 8.42 Å². The molecule has 0 unspecified atom stereocenters. The zero-order chi connectivity index (χ0) is 16.0. The molecule has 0 aromatic heterocycles. The lowest BCUT2D eigenvalue weighted by atomic mass is 10.2. The number of sulfonamides is 1. The van der Waals surface area contributed by atoms with Crippen molar-refractivity contribution >= 4 is 26.0 Å². The van der Waals surface area contributed by atoms with Crippen LogP contribution in [-0.4, -0.2) is 21.6 Å². The molecule has 0 heterocycles. The zero-order valence-corrected chi connectivity index (χ0v) is 14.7. The van der Waals surface area contributed by atoms with Gasteiger partial charge in [0, 0.05) is 11.0 Å². The predicted molar refractivity (Wildman–Crippen MR) is 91.4 cm³/mol. The monoisotopic (exact) mass is 383 g/mol. The average molecular weight is 384 g/mol. The topological polar surface area (TPSA) is 55.4 Å². The van der Waals surface area contributed by atoms with Crippen LogP contribution in [0.25, 0.3) is 0 Å². The first-order valence-corrected chi connectivity index (χ1v) is 9.30. The van der Waals surface area contributed by atoms with Crippen LogP contribution in [0, 0.1) is 6.92 Å². The van der Waals surface area contributed by atoms with E-state index in [0.29, 0.717) is 6.61 Å². The van der Waals surface area contributed by atoms with Crippen LogP contribution >= 0.6 is 15.9 Å². The molecule has 0 bridgehead atoms. The largest absolute Gasteiger partial charge is 0.492 e. The van der Waals surface area contributed by atoms with E-state index in [4.69, 9.17) is 4.74 Å². The summed E-state index contributed by atoms with van der Waals surface area (Å²) in [5.74, 6) is 0.706. The van der Waals surface area contributed by atoms with Gasteiger partial charge in [-0.3, -0.25) is 0 Å². The van der Waals surface area contributed by atoms with Crippen LogP contribution in [0.3, 0.4) is 0 Å². The molecule has 0 atom stereocenters. The maximum atomic E-state index is 12.0. The number of halogens is 1. The van der Waals surface area contributed by atoms with Gasteiger partial charge in [0.25, 0.3) is 0 Å². The first-order chi connectivity index (χ1) is 10.4. The molecule has 0 radical (unpaired) electrons. The fourth-order valence-corrected chi connectivity index (χ4v) is 3.31. The van der Waals surface area contributed by atoms with Crippen molar-refractivity contribution in [3.63, 3.8) is 0 Å². The molecule has 2 rings (SSSR count). The van der Waals surface area contributed by atoms with Crippen molar-refractivity contribution < 1.29 is 13.2 Å². The maximum absolute atomic E-state index is 12.0. The molecule has 22 heavy (non-hydrogen) atoms. The molecule has 2 aromatic carbocycles. The van der Waals surface area contributed by atoms with E-state index in [1.54, 1.807) is 12.1 Å². The second-order valence-electron chi connectivity index (χ2n) is 4.94. The normalized spacial score (nSPS) is 11.4. The summed E-state index contributed by atoms with van der Waals surface area (Å²) >= 11 is 3.32. The molecule has 6 heteroatoms. The van der Waals surface area contributed by atoms with Crippen molar-refractivity contribution in [2.75, 3.05) is 13.2 Å². The number of benzene rings is 2. The highest BCUT2D eigenvalue weighted by Gasteiger charge is 2.10. The lowest BCUT2D eigenvalue weighted by molar-refractivity contribution is 0.322. The standard InChI is InChI=1S/C16H18BrNO3S/c1-13-3-2-4-16(11-13)21-10-9-18-22(19,20)12-14-5-7-15(17)8-6-14/h2-8,11,18H,9-10,12H2,1H3. The summed E-state index contributed by atoms with van der Waals surface area (Å²) in [6, 6.07) is 14.9. The Labute approximate surface area is 139 Å². The summed E-state index contributed by atoms with van der Waals surface area (Å²) < 4.78 is 32.9. The summed E-state index contributed by atoms with van der Waals surface area (Å²) in [5, 5.41) is 0. The van der Waals surface area contributed by atoms with Gasteiger partial charge in [0.1, 0.15) is 12.4 Å². The third-order valence-electron chi connectivity index (χ3n) is 2.95. The third-order valence-corrected chi connectivity index (χ3v) is 4.84. The van der Waals surface area contributed by atoms with Crippen LogP contribution in [0.1, 0.15) is 11.1 Å². The van der Waals surface area contributed by atoms with E-state index in [2.05, 4.69) is 20.7 Å². The van der Waals surface area contributed by atoms with Gasteiger partial charge in [-0.05, 0) is 42.3 Å². The molecule has 118 valence electrons. The molecule has 0 fully saturated rings. The van der Waals surface area contributed by atoms with Gasteiger partial charge in [-0.1, -0.05) is 40.2 Å². The van der Waals surface area contributed by atoms with Crippen LogP contribution in [0.15, 0.2) is 53.0 Å². The highest BCUT2D eigenvalue weighted by molar-refractivity contribution is 9.10. The van der Waals surface area contributed by atoms with E-state index in [0.717, 1.165) is 21.3 Å². The molecular formula is C16H18BrNO3S. The van der Waals surface area contributed by atoms with Gasteiger partial charge in [-0.15, -0.1) is 0 Å². The van der Waals surface area contributed by atoms with Crippen molar-refractivity contribution in [2.45, 2.75) is 12.7 Å². The van der Waals surface area contributed by atoms with Crippen molar-refractivity contribution in [3.8, 4) is 5.75 Å². The molecule has 0 aliphatic rings. The van der Waals surface area contributed by atoms with Crippen LogP contribution in [0.2, 0.25) is 0 Å². The number of rotatable bonds is 7. The summed E-state index contributed by atoms with van der Waals surface area (Å²) in [4.78, 5) is 0. The predicted octanol–water partition coefficient (Wildman–Crippen LogP) is 3.26. The summed E-state index contributed by atoms with van der Waals surface area (Å²) in [6.07, 6.45) is 0. The minimum absolute atomic E-state index is 0.0370. The van der Waals surface area contributed by atoms with Crippen molar-refractivity contribution in [3.05, 3.63) is 64.1 Å². The smallest absolute Gasteiger partial charge is 0.215 e. The molecule has 0 saturated carbocycles. The molecule has 0 aliphatic heterocycles. The first kappa shape index (κ1) is 17.0. The fraction of sp³-hybridized carbons (Fsp3) is 0.250. The van der Waals surface area contributed by atoms with E-state index in [1.807, 2.05) is 43.3 Å². The number of aryl methyl sites for hydroxylation is 1. The van der Waals surface area contributed by atoms with Gasteiger partial charge in [0.05, 0.1) is 5.75 Å². The number of ether oxygens (including phenoxy) is 1. The fourth-order valence-electron chi connectivity index (χ4n) is 1.92. The SMILES string of the molecule is Cc1cccc(OCCNS(=O)(=O)Cc2ccc(Br)cc2)c1. The Morgan fingerprint density at radius 1 is 1.14 bits per heavy atom. The van der Waals surface area contributed by atoms with E-state index < -0.39 is 10.0 Å². The highest BCUT2D eigenvalue weighted by Crippen LogP contribution is 2.13. The lowest BCUT2D eigenvalue weighted by Gasteiger charge is -2.09. The number of hydrogen-bond acceptors (Lipinski definition) is 3. The molecular weight excluding hydrogens is 366 g/mol. The molecule has 0 saturated heterocycles. The summed E-state index contributed by atoms with van der Waals surface area (Å²) in [5.41, 5.74) is 1.85. The summed E-state index contributed by atoms with van der Waals surface area (Å²) in [7, 11) is -3.36. The van der Waals surface area contributed by atoms with Crippen LogP contribution in [0.5, 0.6) is 5.75 Å². The van der Waals surface area contributed by atoms with Crippen molar-refractivity contribution in [2.24, 2.45) is 0 Å². The molecule has 4 nitrogen and oxygen atoms in total. The van der Waals surface area contributed by atoms with Crippen LogP contribution in [-0.2, 0) is 15.8 Å². The molecule has 1 N–H and O–H groups in total. The number of hydrogen-bond donors (Lipinski definition) is 1. The second-order valence-corrected chi connectivity index (χ2v) is 7.67. The average Bonchev–Trinajstić information content (AvgIpc) is 2.46. The van der Waals surface area contributed by atoms with Gasteiger partial charge in [0.15, 0.2) is 0 Å².